The summed E-state index contributed by atoms with van der Waals surface area (Å²) in [6.45, 7) is 6.37. The van der Waals surface area contributed by atoms with Crippen LogP contribution in [0.25, 0.3) is 0 Å². The lowest BCUT2D eigenvalue weighted by Crippen LogP contribution is -2.42. The molecule has 1 aromatic rings. The van der Waals surface area contributed by atoms with Gasteiger partial charge in [-0.1, -0.05) is 26.0 Å². The molecule has 24 heavy (non-hydrogen) atoms. The maximum Gasteiger partial charge on any atom is 0.193 e. The number of rotatable bonds is 4. The number of likely N-dealkylation sites (tertiary alicyclic amines) is 1. The van der Waals surface area contributed by atoms with Crippen LogP contribution in [0.4, 0.5) is 4.39 Å². The van der Waals surface area contributed by atoms with Crippen LogP contribution in [0.15, 0.2) is 34.2 Å². The number of nitrogens with zero attached hydrogens (tertiary/aromatic N) is 2. The second-order valence-corrected chi connectivity index (χ2v) is 8.64. The number of guanidine groups is 1. The fourth-order valence-corrected chi connectivity index (χ4v) is 3.97. The lowest BCUT2D eigenvalue weighted by molar-refractivity contribution is 0.370. The number of aliphatic imine (C=N–C) groups is 1. The first-order chi connectivity index (χ1) is 10.7. The molecule has 1 aliphatic rings. The molecule has 1 fully saturated rings. The number of hydrogen-bond acceptors (Lipinski definition) is 3. The van der Waals surface area contributed by atoms with Crippen molar-refractivity contribution in [3.05, 3.63) is 30.1 Å². The molecule has 1 N–H and O–H groups in total. The number of halogens is 2. The van der Waals surface area contributed by atoms with Gasteiger partial charge >= 0.3 is 0 Å². The Hall–Kier alpha value is -0.900. The normalized spacial score (nSPS) is 17.5. The lowest BCUT2D eigenvalue weighted by atomic mass is 9.93. The van der Waals surface area contributed by atoms with E-state index in [1.54, 1.807) is 7.05 Å². The second kappa shape index (κ2) is 8.46. The summed E-state index contributed by atoms with van der Waals surface area (Å²) >= 11 is 0. The van der Waals surface area contributed by atoms with Gasteiger partial charge in [-0.3, -0.25) is 4.99 Å². The minimum atomic E-state index is -3.65. The third kappa shape index (κ3) is 5.30. The standard InChI is InChI=1S/C16H24FN3O2S.HI/c1-16(2)8-10-20(12-16)15(18-3)19-9-11-23(21,22)14-7-5-4-6-13(14)17;/h4-7H,8-12H2,1-3H3,(H,18,19);1H. The van der Waals surface area contributed by atoms with Crippen molar-refractivity contribution in [2.75, 3.05) is 32.4 Å². The summed E-state index contributed by atoms with van der Waals surface area (Å²) in [5, 5.41) is 3.07. The highest BCUT2D eigenvalue weighted by atomic mass is 127. The van der Waals surface area contributed by atoms with Crippen molar-refractivity contribution >= 4 is 39.8 Å². The van der Waals surface area contributed by atoms with E-state index >= 15 is 0 Å². The summed E-state index contributed by atoms with van der Waals surface area (Å²) in [6, 6.07) is 5.45. The third-order valence-electron chi connectivity index (χ3n) is 4.01. The molecular weight excluding hydrogens is 444 g/mol. The Kier molecular flexibility index (Phi) is 7.45. The van der Waals surface area contributed by atoms with Crippen LogP contribution in [0.5, 0.6) is 0 Å². The van der Waals surface area contributed by atoms with Gasteiger partial charge in [-0.2, -0.15) is 0 Å². The topological polar surface area (TPSA) is 61.8 Å². The number of benzene rings is 1. The van der Waals surface area contributed by atoms with Crippen molar-refractivity contribution in [1.82, 2.24) is 10.2 Å². The van der Waals surface area contributed by atoms with Crippen LogP contribution in [0.3, 0.4) is 0 Å². The molecule has 0 aliphatic carbocycles. The van der Waals surface area contributed by atoms with E-state index in [9.17, 15) is 12.8 Å². The summed E-state index contributed by atoms with van der Waals surface area (Å²) in [7, 11) is -1.97. The van der Waals surface area contributed by atoms with Crippen LogP contribution in [0.1, 0.15) is 20.3 Å². The molecule has 1 aliphatic heterocycles. The molecule has 136 valence electrons. The summed E-state index contributed by atoms with van der Waals surface area (Å²) in [4.78, 5) is 6.08. The van der Waals surface area contributed by atoms with Crippen LogP contribution in [0.2, 0.25) is 0 Å². The SMILES string of the molecule is CN=C(NCCS(=O)(=O)c1ccccc1F)N1CCC(C)(C)C1.I. The van der Waals surface area contributed by atoms with E-state index in [1.807, 2.05) is 0 Å². The largest absolute Gasteiger partial charge is 0.355 e. The Morgan fingerprint density at radius 3 is 2.58 bits per heavy atom. The molecule has 1 saturated heterocycles. The van der Waals surface area contributed by atoms with E-state index < -0.39 is 15.7 Å². The van der Waals surface area contributed by atoms with Crippen LogP contribution in [-0.4, -0.2) is 51.7 Å². The molecule has 0 spiro atoms. The summed E-state index contributed by atoms with van der Waals surface area (Å²) in [5.41, 5.74) is 0.233. The van der Waals surface area contributed by atoms with Gasteiger partial charge < -0.3 is 10.2 Å². The summed E-state index contributed by atoms with van der Waals surface area (Å²) < 4.78 is 38.1. The van der Waals surface area contributed by atoms with Gasteiger partial charge in [-0.05, 0) is 24.0 Å². The fourth-order valence-electron chi connectivity index (χ4n) is 2.73. The van der Waals surface area contributed by atoms with Crippen molar-refractivity contribution in [2.24, 2.45) is 10.4 Å². The summed E-state index contributed by atoms with van der Waals surface area (Å²) in [5.74, 6) is -0.193. The maximum absolute atomic E-state index is 13.6. The molecule has 5 nitrogen and oxygen atoms in total. The predicted molar refractivity (Wildman–Crippen MR) is 105 cm³/mol. The Bertz CT molecular complexity index is 692. The van der Waals surface area contributed by atoms with E-state index in [4.69, 9.17) is 0 Å². The first-order valence-electron chi connectivity index (χ1n) is 7.68. The van der Waals surface area contributed by atoms with E-state index in [-0.39, 0.29) is 46.6 Å². The van der Waals surface area contributed by atoms with Crippen molar-refractivity contribution in [3.8, 4) is 0 Å². The zero-order chi connectivity index (χ0) is 17.1. The zero-order valence-electron chi connectivity index (χ0n) is 14.3. The first kappa shape index (κ1) is 21.1. The third-order valence-corrected chi connectivity index (χ3v) is 5.76. The zero-order valence-corrected chi connectivity index (χ0v) is 17.4. The number of hydrogen-bond donors (Lipinski definition) is 1. The monoisotopic (exact) mass is 469 g/mol. The van der Waals surface area contributed by atoms with Gasteiger partial charge in [0, 0.05) is 26.7 Å². The van der Waals surface area contributed by atoms with E-state index in [1.165, 1.54) is 18.2 Å². The quantitative estimate of drug-likeness (QED) is 0.419. The maximum atomic E-state index is 13.6. The average molecular weight is 469 g/mol. The van der Waals surface area contributed by atoms with E-state index in [0.29, 0.717) is 5.96 Å². The predicted octanol–water partition coefficient (Wildman–Crippen LogP) is 2.52. The fraction of sp³-hybridized carbons (Fsp3) is 0.562. The Morgan fingerprint density at radius 2 is 2.04 bits per heavy atom. The highest BCUT2D eigenvalue weighted by molar-refractivity contribution is 14.0. The van der Waals surface area contributed by atoms with Gasteiger partial charge in [-0.25, -0.2) is 12.8 Å². The molecular formula is C16H25FIN3O2S. The Morgan fingerprint density at radius 1 is 1.38 bits per heavy atom. The van der Waals surface area contributed by atoms with Crippen molar-refractivity contribution in [3.63, 3.8) is 0 Å². The lowest BCUT2D eigenvalue weighted by Gasteiger charge is -2.23. The average Bonchev–Trinajstić information content (AvgIpc) is 2.84. The minimum Gasteiger partial charge on any atom is -0.355 e. The van der Waals surface area contributed by atoms with Gasteiger partial charge in [0.2, 0.25) is 0 Å². The van der Waals surface area contributed by atoms with Crippen LogP contribution in [-0.2, 0) is 9.84 Å². The van der Waals surface area contributed by atoms with Gasteiger partial charge in [0.1, 0.15) is 10.7 Å². The second-order valence-electron chi connectivity index (χ2n) is 6.56. The van der Waals surface area contributed by atoms with Crippen molar-refractivity contribution in [2.45, 2.75) is 25.2 Å². The molecule has 0 unspecified atom stereocenters. The highest BCUT2D eigenvalue weighted by Gasteiger charge is 2.31. The van der Waals surface area contributed by atoms with E-state index in [2.05, 4.69) is 29.1 Å². The van der Waals surface area contributed by atoms with Crippen LogP contribution < -0.4 is 5.32 Å². The number of nitrogens with one attached hydrogen (secondary N) is 1. The minimum absolute atomic E-state index is 0. The van der Waals surface area contributed by atoms with Gasteiger partial charge in [0.15, 0.2) is 15.8 Å². The van der Waals surface area contributed by atoms with Gasteiger partial charge in [0.05, 0.1) is 5.75 Å². The number of sulfone groups is 1. The summed E-state index contributed by atoms with van der Waals surface area (Å²) in [6.07, 6.45) is 1.07. The van der Waals surface area contributed by atoms with Gasteiger partial charge in [0.25, 0.3) is 0 Å². The smallest absolute Gasteiger partial charge is 0.193 e. The van der Waals surface area contributed by atoms with E-state index in [0.717, 1.165) is 25.6 Å². The van der Waals surface area contributed by atoms with Crippen molar-refractivity contribution < 1.29 is 12.8 Å². The molecule has 0 atom stereocenters. The molecule has 0 aromatic heterocycles. The van der Waals surface area contributed by atoms with Crippen molar-refractivity contribution in [1.29, 1.82) is 0 Å². The Balaban J connectivity index is 0.00000288. The van der Waals surface area contributed by atoms with Crippen LogP contribution >= 0.6 is 24.0 Å². The van der Waals surface area contributed by atoms with Gasteiger partial charge in [-0.15, -0.1) is 24.0 Å². The first-order valence-corrected chi connectivity index (χ1v) is 9.33. The van der Waals surface area contributed by atoms with Crippen LogP contribution in [0, 0.1) is 11.2 Å². The molecule has 0 amide bonds. The molecule has 0 radical (unpaired) electrons. The highest BCUT2D eigenvalue weighted by Crippen LogP contribution is 2.28. The molecule has 0 saturated carbocycles. The molecule has 0 bridgehead atoms. The molecule has 8 heteroatoms. The molecule has 1 aromatic carbocycles. The Labute approximate surface area is 160 Å². The molecule has 1 heterocycles. The molecule has 2 rings (SSSR count).